The lowest BCUT2D eigenvalue weighted by Gasteiger charge is -2.42. The second-order valence-electron chi connectivity index (χ2n) is 5.29. The zero-order valence-corrected chi connectivity index (χ0v) is 11.8. The number of fused-ring (bicyclic) bond motifs is 3. The van der Waals surface area contributed by atoms with Crippen LogP contribution in [0.15, 0.2) is 12.1 Å². The highest BCUT2D eigenvalue weighted by atomic mass is 16.5. The van der Waals surface area contributed by atoms with Crippen LogP contribution in [0, 0.1) is 0 Å². The maximum atomic E-state index is 12.1. The highest BCUT2D eigenvalue weighted by molar-refractivity contribution is 5.82. The second-order valence-corrected chi connectivity index (χ2v) is 5.29. The third kappa shape index (κ3) is 1.93. The Kier molecular flexibility index (Phi) is 3.30. The molecule has 2 atom stereocenters. The minimum absolute atomic E-state index is 0.00973. The van der Waals surface area contributed by atoms with Gasteiger partial charge in [-0.25, -0.2) is 0 Å². The zero-order chi connectivity index (χ0) is 14.3. The predicted octanol–water partition coefficient (Wildman–Crippen LogP) is 1.28. The molecule has 1 aromatic rings. The summed E-state index contributed by atoms with van der Waals surface area (Å²) in [6.07, 6.45) is 1.19. The molecule has 1 fully saturated rings. The van der Waals surface area contributed by atoms with E-state index in [9.17, 15) is 9.90 Å². The number of aliphatic hydroxyl groups is 1. The fourth-order valence-electron chi connectivity index (χ4n) is 3.28. The SMILES string of the molecule is COc1cc2c(c(OC)c1)[C@@H]1CCC(O)C(=O)N1CC2. The van der Waals surface area contributed by atoms with Crippen LogP contribution < -0.4 is 9.47 Å². The van der Waals surface area contributed by atoms with Crippen molar-refractivity contribution < 1.29 is 19.4 Å². The van der Waals surface area contributed by atoms with Crippen molar-refractivity contribution in [2.75, 3.05) is 20.8 Å². The zero-order valence-electron chi connectivity index (χ0n) is 11.8. The lowest BCUT2D eigenvalue weighted by atomic mass is 9.85. The van der Waals surface area contributed by atoms with Gasteiger partial charge in [-0.3, -0.25) is 4.79 Å². The van der Waals surface area contributed by atoms with Crippen LogP contribution in [0.3, 0.4) is 0 Å². The second kappa shape index (κ2) is 4.98. The van der Waals surface area contributed by atoms with Gasteiger partial charge < -0.3 is 19.5 Å². The molecule has 1 unspecified atom stereocenters. The van der Waals surface area contributed by atoms with Crippen LogP contribution in [-0.2, 0) is 11.2 Å². The molecular weight excluding hydrogens is 258 g/mol. The number of hydrogen-bond acceptors (Lipinski definition) is 4. The summed E-state index contributed by atoms with van der Waals surface area (Å²) in [6.45, 7) is 0.643. The van der Waals surface area contributed by atoms with Gasteiger partial charge in [0, 0.05) is 18.2 Å². The number of nitrogens with zero attached hydrogens (tertiary/aromatic N) is 1. The highest BCUT2D eigenvalue weighted by Gasteiger charge is 2.39. The topological polar surface area (TPSA) is 59.0 Å². The molecule has 1 aromatic carbocycles. The van der Waals surface area contributed by atoms with Crippen molar-refractivity contribution in [1.29, 1.82) is 0 Å². The van der Waals surface area contributed by atoms with Gasteiger partial charge in [-0.1, -0.05) is 0 Å². The van der Waals surface area contributed by atoms with Crippen molar-refractivity contribution in [1.82, 2.24) is 4.90 Å². The molecule has 5 nitrogen and oxygen atoms in total. The lowest BCUT2D eigenvalue weighted by Crippen LogP contribution is -2.49. The van der Waals surface area contributed by atoms with Crippen LogP contribution in [0.2, 0.25) is 0 Å². The van der Waals surface area contributed by atoms with E-state index in [1.165, 1.54) is 5.56 Å². The number of rotatable bonds is 2. The summed E-state index contributed by atoms with van der Waals surface area (Å²) in [5.41, 5.74) is 2.24. The standard InChI is InChI=1S/C15H19NO4/c1-19-10-7-9-5-6-16-11(3-4-12(17)15(16)18)14(9)13(8-10)20-2/h7-8,11-12,17H,3-6H2,1-2H3/t11-,12?/m0/s1. The van der Waals surface area contributed by atoms with E-state index in [0.717, 1.165) is 29.9 Å². The molecule has 0 bridgehead atoms. The third-order valence-electron chi connectivity index (χ3n) is 4.27. The van der Waals surface area contributed by atoms with E-state index >= 15 is 0 Å². The number of ether oxygens (including phenoxy) is 2. The molecule has 0 saturated carbocycles. The molecule has 2 aliphatic rings. The molecule has 3 rings (SSSR count). The normalized spacial score (nSPS) is 24.9. The summed E-state index contributed by atoms with van der Waals surface area (Å²) < 4.78 is 10.8. The number of hydrogen-bond donors (Lipinski definition) is 1. The van der Waals surface area contributed by atoms with Gasteiger partial charge >= 0.3 is 0 Å². The van der Waals surface area contributed by atoms with Crippen LogP contribution >= 0.6 is 0 Å². The Hall–Kier alpha value is -1.75. The van der Waals surface area contributed by atoms with Gasteiger partial charge in [-0.2, -0.15) is 0 Å². The van der Waals surface area contributed by atoms with E-state index in [1.807, 2.05) is 12.1 Å². The van der Waals surface area contributed by atoms with Crippen LogP contribution in [0.4, 0.5) is 0 Å². The maximum Gasteiger partial charge on any atom is 0.251 e. The van der Waals surface area contributed by atoms with E-state index < -0.39 is 6.10 Å². The summed E-state index contributed by atoms with van der Waals surface area (Å²) in [4.78, 5) is 13.9. The summed E-state index contributed by atoms with van der Waals surface area (Å²) in [5.74, 6) is 1.37. The van der Waals surface area contributed by atoms with E-state index in [-0.39, 0.29) is 11.9 Å². The first-order valence-corrected chi connectivity index (χ1v) is 6.89. The Labute approximate surface area is 118 Å². The first kappa shape index (κ1) is 13.2. The van der Waals surface area contributed by atoms with Gasteiger partial charge in [-0.05, 0) is 30.9 Å². The first-order valence-electron chi connectivity index (χ1n) is 6.89. The summed E-state index contributed by atoms with van der Waals surface area (Å²) in [6, 6.07) is 3.89. The molecule has 20 heavy (non-hydrogen) atoms. The fourth-order valence-corrected chi connectivity index (χ4v) is 3.28. The Morgan fingerprint density at radius 2 is 2.05 bits per heavy atom. The summed E-state index contributed by atoms with van der Waals surface area (Å²) in [5, 5.41) is 9.73. The molecule has 2 heterocycles. The van der Waals surface area contributed by atoms with Crippen LogP contribution in [0.1, 0.15) is 30.0 Å². The molecule has 2 aliphatic heterocycles. The quantitative estimate of drug-likeness (QED) is 0.885. The maximum absolute atomic E-state index is 12.1. The van der Waals surface area contributed by atoms with Crippen molar-refractivity contribution in [2.24, 2.45) is 0 Å². The molecule has 0 aliphatic carbocycles. The highest BCUT2D eigenvalue weighted by Crippen LogP contribution is 2.43. The smallest absolute Gasteiger partial charge is 0.251 e. The van der Waals surface area contributed by atoms with Gasteiger partial charge in [0.05, 0.1) is 20.3 Å². The molecule has 108 valence electrons. The number of methoxy groups -OCH3 is 2. The van der Waals surface area contributed by atoms with Gasteiger partial charge in [0.2, 0.25) is 0 Å². The summed E-state index contributed by atoms with van der Waals surface area (Å²) in [7, 11) is 3.27. The minimum atomic E-state index is -0.850. The van der Waals surface area contributed by atoms with Gasteiger partial charge in [0.25, 0.3) is 5.91 Å². The Morgan fingerprint density at radius 3 is 2.75 bits per heavy atom. The van der Waals surface area contributed by atoms with Crippen molar-refractivity contribution in [3.63, 3.8) is 0 Å². The largest absolute Gasteiger partial charge is 0.497 e. The Morgan fingerprint density at radius 1 is 1.25 bits per heavy atom. The Balaban J connectivity index is 2.06. The number of amides is 1. The van der Waals surface area contributed by atoms with E-state index in [4.69, 9.17) is 9.47 Å². The first-order chi connectivity index (χ1) is 9.65. The molecule has 5 heteroatoms. The molecule has 0 aromatic heterocycles. The number of carbonyl (C=O) groups excluding carboxylic acids is 1. The van der Waals surface area contributed by atoms with E-state index in [1.54, 1.807) is 19.1 Å². The number of carbonyl (C=O) groups is 1. The number of aliphatic hydroxyl groups excluding tert-OH is 1. The molecular formula is C15H19NO4. The van der Waals surface area contributed by atoms with Crippen molar-refractivity contribution >= 4 is 5.91 Å². The van der Waals surface area contributed by atoms with E-state index in [0.29, 0.717) is 13.0 Å². The predicted molar refractivity (Wildman–Crippen MR) is 72.9 cm³/mol. The van der Waals surface area contributed by atoms with Crippen molar-refractivity contribution in [3.8, 4) is 11.5 Å². The van der Waals surface area contributed by atoms with Crippen LogP contribution in [0.25, 0.3) is 0 Å². The molecule has 0 spiro atoms. The van der Waals surface area contributed by atoms with Gasteiger partial charge in [0.1, 0.15) is 17.6 Å². The average molecular weight is 277 g/mol. The lowest BCUT2D eigenvalue weighted by molar-refractivity contribution is -0.148. The molecule has 1 amide bonds. The van der Waals surface area contributed by atoms with Crippen molar-refractivity contribution in [3.05, 3.63) is 23.3 Å². The third-order valence-corrected chi connectivity index (χ3v) is 4.27. The molecule has 1 saturated heterocycles. The fraction of sp³-hybridized carbons (Fsp3) is 0.533. The van der Waals surface area contributed by atoms with E-state index in [2.05, 4.69) is 0 Å². The minimum Gasteiger partial charge on any atom is -0.497 e. The Bertz CT molecular complexity index is 526. The summed E-state index contributed by atoms with van der Waals surface area (Å²) >= 11 is 0. The van der Waals surface area contributed by atoms with Crippen LogP contribution in [-0.4, -0.2) is 42.8 Å². The van der Waals surface area contributed by atoms with Crippen LogP contribution in [0.5, 0.6) is 11.5 Å². The van der Waals surface area contributed by atoms with Gasteiger partial charge in [-0.15, -0.1) is 0 Å². The molecule has 1 N–H and O–H groups in total. The number of piperidine rings is 1. The number of benzene rings is 1. The average Bonchev–Trinajstić information content (AvgIpc) is 2.49. The monoisotopic (exact) mass is 277 g/mol. The molecule has 0 radical (unpaired) electrons. The van der Waals surface area contributed by atoms with Gasteiger partial charge in [0.15, 0.2) is 0 Å². The van der Waals surface area contributed by atoms with Crippen molar-refractivity contribution in [2.45, 2.75) is 31.4 Å².